The van der Waals surface area contributed by atoms with Crippen LogP contribution in [0.25, 0.3) is 10.9 Å². The minimum absolute atomic E-state index is 0.0497. The van der Waals surface area contributed by atoms with E-state index in [9.17, 15) is 9.65 Å². The second-order valence-electron chi connectivity index (χ2n) is 9.31. The Morgan fingerprint density at radius 3 is 2.79 bits per heavy atom. The zero-order valence-corrected chi connectivity index (χ0v) is 25.1. The van der Waals surface area contributed by atoms with Crippen molar-refractivity contribution in [3.63, 3.8) is 0 Å². The summed E-state index contributed by atoms with van der Waals surface area (Å²) in [6.45, 7) is 6.39. The maximum absolute atomic E-state index is 13.8. The summed E-state index contributed by atoms with van der Waals surface area (Å²) >= 11 is 12.7. The average Bonchev–Trinajstić information content (AvgIpc) is 3.46. The van der Waals surface area contributed by atoms with Crippen LogP contribution in [0.2, 0.25) is 10.0 Å². The van der Waals surface area contributed by atoms with Crippen LogP contribution in [0.4, 0.5) is 21.5 Å². The van der Waals surface area contributed by atoms with E-state index in [0.29, 0.717) is 59.4 Å². The molecule has 1 aliphatic heterocycles. The molecule has 224 valence electrons. The predicted octanol–water partition coefficient (Wildman–Crippen LogP) is 5.72. The number of nitrogens with zero attached hydrogens (tertiary/aromatic N) is 4. The Labute approximate surface area is 259 Å². The van der Waals surface area contributed by atoms with E-state index in [1.165, 1.54) is 24.4 Å². The lowest BCUT2D eigenvalue weighted by atomic mass is 10.0. The first-order chi connectivity index (χ1) is 20.8. The summed E-state index contributed by atoms with van der Waals surface area (Å²) in [5.74, 6) is -0.547. The van der Waals surface area contributed by atoms with Crippen molar-refractivity contribution in [3.05, 3.63) is 94.2 Å². The Kier molecular flexibility index (Phi) is 11.3. The molecule has 13 heteroatoms. The summed E-state index contributed by atoms with van der Waals surface area (Å²) in [5.41, 5.74) is 10.2. The lowest BCUT2D eigenvalue weighted by molar-refractivity contribution is 0.0574. The fourth-order valence-electron chi connectivity index (χ4n) is 4.21. The lowest BCUT2D eigenvalue weighted by Gasteiger charge is -2.22. The molecule has 0 radical (unpaired) electrons. The molecule has 1 aliphatic rings. The van der Waals surface area contributed by atoms with E-state index in [1.807, 2.05) is 23.4 Å². The normalized spacial score (nSPS) is 13.8. The molecule has 0 bridgehead atoms. The molecule has 2 aromatic carbocycles. The van der Waals surface area contributed by atoms with Gasteiger partial charge in [-0.25, -0.2) is 4.39 Å². The predicted molar refractivity (Wildman–Crippen MR) is 170 cm³/mol. The van der Waals surface area contributed by atoms with Crippen molar-refractivity contribution in [1.29, 1.82) is 5.26 Å². The van der Waals surface area contributed by atoms with Crippen molar-refractivity contribution in [2.75, 3.05) is 51.2 Å². The zero-order chi connectivity index (χ0) is 30.8. The molecule has 2 heterocycles. The van der Waals surface area contributed by atoms with Gasteiger partial charge in [-0.05, 0) is 42.0 Å². The molecule has 0 unspecified atom stereocenters. The highest BCUT2D eigenvalue weighted by Gasteiger charge is 2.23. The Morgan fingerprint density at radius 2 is 2.05 bits per heavy atom. The number of fused-ring (bicyclic) bond motifs is 1. The molecule has 4 N–H and O–H groups in total. The van der Waals surface area contributed by atoms with Crippen molar-refractivity contribution in [2.24, 2.45) is 4.99 Å². The molecule has 0 fully saturated rings. The molecular formula is C30H31Cl2FN8O2. The summed E-state index contributed by atoms with van der Waals surface area (Å²) in [5, 5.41) is 19.3. The number of allylic oxidation sites excluding steroid dienone is 1. The molecule has 0 saturated carbocycles. The van der Waals surface area contributed by atoms with Gasteiger partial charge in [0, 0.05) is 49.5 Å². The number of benzene rings is 2. The van der Waals surface area contributed by atoms with Crippen LogP contribution in [0, 0.1) is 17.1 Å². The summed E-state index contributed by atoms with van der Waals surface area (Å²) < 4.78 is 24.4. The van der Waals surface area contributed by atoms with Crippen LogP contribution >= 0.6 is 23.2 Å². The zero-order valence-electron chi connectivity index (χ0n) is 23.6. The Bertz CT molecular complexity index is 1610. The van der Waals surface area contributed by atoms with E-state index in [-0.39, 0.29) is 10.6 Å². The third-order valence-corrected chi connectivity index (χ3v) is 6.90. The van der Waals surface area contributed by atoms with Gasteiger partial charge in [0.05, 0.1) is 64.9 Å². The van der Waals surface area contributed by atoms with E-state index < -0.39 is 11.9 Å². The van der Waals surface area contributed by atoms with Crippen LogP contribution in [0.1, 0.15) is 5.56 Å². The topological polar surface area (TPSA) is 119 Å². The number of aliphatic imine (C=N–C) groups is 1. The standard InChI is InChI=1S/C30H31Cl2FN8O2/c1-19(5-4-8-35-2)28(27-18-41(40-39-27)9-10-43-12-11-42-3)38-22-13-23-29(37-21-6-7-26(33)24(31)14-21)20(16-34)17-36-30(23)25(32)15-22/h4-8,13-15,17-18,28,38-40H,1,9-12H2,2-3H3,(H,36,37)/b5-4-,35-8-/t28-/m0/s1. The van der Waals surface area contributed by atoms with Crippen LogP contribution < -0.4 is 21.6 Å². The van der Waals surface area contributed by atoms with Gasteiger partial charge in [-0.15, -0.1) is 5.53 Å². The van der Waals surface area contributed by atoms with Gasteiger partial charge in [-0.1, -0.05) is 35.9 Å². The second kappa shape index (κ2) is 15.3. The highest BCUT2D eigenvalue weighted by molar-refractivity contribution is 6.36. The number of nitriles is 1. The first kappa shape index (κ1) is 31.7. The van der Waals surface area contributed by atoms with Crippen molar-refractivity contribution in [2.45, 2.75) is 6.04 Å². The van der Waals surface area contributed by atoms with E-state index >= 15 is 0 Å². The van der Waals surface area contributed by atoms with Gasteiger partial charge >= 0.3 is 0 Å². The summed E-state index contributed by atoms with van der Waals surface area (Å²) in [6, 6.07) is 9.56. The Hall–Kier alpha value is -4.18. The van der Waals surface area contributed by atoms with E-state index in [1.54, 1.807) is 32.5 Å². The molecule has 0 saturated heterocycles. The highest BCUT2D eigenvalue weighted by atomic mass is 35.5. The SMILES string of the molecule is C=C(/C=C\C=N/C)[C@H](Nc1cc(Cl)c2ncc(C#N)c(Nc3ccc(F)c(Cl)c3)c2c1)C1=CN(CCOCCOC)NN1. The van der Waals surface area contributed by atoms with Crippen molar-refractivity contribution < 1.29 is 13.9 Å². The number of anilines is 3. The quantitative estimate of drug-likeness (QED) is 0.101. The Morgan fingerprint density at radius 1 is 1.23 bits per heavy atom. The van der Waals surface area contributed by atoms with Crippen LogP contribution in [-0.2, 0) is 9.47 Å². The highest BCUT2D eigenvalue weighted by Crippen LogP contribution is 2.36. The van der Waals surface area contributed by atoms with Crippen LogP contribution in [-0.4, -0.2) is 62.8 Å². The first-order valence-corrected chi connectivity index (χ1v) is 14.0. The molecule has 0 spiro atoms. The number of hydrogen-bond acceptors (Lipinski definition) is 10. The molecule has 4 rings (SSSR count). The number of hydrogen-bond donors (Lipinski definition) is 4. The van der Waals surface area contributed by atoms with Gasteiger partial charge in [0.25, 0.3) is 0 Å². The van der Waals surface area contributed by atoms with Gasteiger partial charge in [0.2, 0.25) is 0 Å². The van der Waals surface area contributed by atoms with Crippen molar-refractivity contribution in [1.82, 2.24) is 21.0 Å². The summed E-state index contributed by atoms with van der Waals surface area (Å²) in [7, 11) is 3.32. The maximum Gasteiger partial charge on any atom is 0.141 e. The molecule has 1 atom stereocenters. The van der Waals surface area contributed by atoms with E-state index in [2.05, 4.69) is 44.2 Å². The van der Waals surface area contributed by atoms with Crippen LogP contribution in [0.3, 0.4) is 0 Å². The van der Waals surface area contributed by atoms with E-state index in [0.717, 1.165) is 11.3 Å². The maximum atomic E-state index is 13.8. The fraction of sp³-hybridized carbons (Fsp3) is 0.233. The van der Waals surface area contributed by atoms with Crippen molar-refractivity contribution >= 4 is 57.4 Å². The molecule has 1 aromatic heterocycles. The minimum atomic E-state index is -0.547. The van der Waals surface area contributed by atoms with Gasteiger partial charge in [0.1, 0.15) is 11.9 Å². The fourth-order valence-corrected chi connectivity index (χ4v) is 4.66. The molecule has 43 heavy (non-hydrogen) atoms. The lowest BCUT2D eigenvalue weighted by Crippen LogP contribution is -2.40. The molecule has 0 aliphatic carbocycles. The van der Waals surface area contributed by atoms with Gasteiger partial charge in [-0.3, -0.25) is 15.0 Å². The number of rotatable bonds is 14. The second-order valence-corrected chi connectivity index (χ2v) is 10.1. The number of ether oxygens (including phenoxy) is 2. The number of hydrazine groups is 2. The number of halogens is 3. The van der Waals surface area contributed by atoms with Crippen LogP contribution in [0.15, 0.2) is 77.7 Å². The number of aromatic nitrogens is 1. The largest absolute Gasteiger partial charge is 0.382 e. The monoisotopic (exact) mass is 624 g/mol. The molecule has 0 amide bonds. The number of nitrogens with one attached hydrogen (secondary N) is 4. The molecular weight excluding hydrogens is 594 g/mol. The first-order valence-electron chi connectivity index (χ1n) is 13.2. The molecule has 3 aromatic rings. The third-order valence-electron chi connectivity index (χ3n) is 6.32. The summed E-state index contributed by atoms with van der Waals surface area (Å²) in [4.78, 5) is 8.41. The number of pyridine rings is 1. The van der Waals surface area contributed by atoms with Gasteiger partial charge < -0.3 is 25.5 Å². The minimum Gasteiger partial charge on any atom is -0.382 e. The van der Waals surface area contributed by atoms with Gasteiger partial charge in [-0.2, -0.15) is 5.26 Å². The molecule has 10 nitrogen and oxygen atoms in total. The Balaban J connectivity index is 1.67. The van der Waals surface area contributed by atoms with Gasteiger partial charge in [0.15, 0.2) is 0 Å². The van der Waals surface area contributed by atoms with Crippen molar-refractivity contribution in [3.8, 4) is 6.07 Å². The van der Waals surface area contributed by atoms with E-state index in [4.69, 9.17) is 32.7 Å². The number of methoxy groups -OCH3 is 1. The third kappa shape index (κ3) is 8.22. The van der Waals surface area contributed by atoms with Crippen LogP contribution in [0.5, 0.6) is 0 Å². The smallest absolute Gasteiger partial charge is 0.141 e. The summed E-state index contributed by atoms with van der Waals surface area (Å²) in [6.07, 6.45) is 8.68. The average molecular weight is 626 g/mol.